The number of nitrogens with zero attached hydrogens (tertiary/aromatic N) is 4. The summed E-state index contributed by atoms with van der Waals surface area (Å²) >= 11 is 0. The van der Waals surface area contributed by atoms with Crippen LogP contribution in [0.2, 0.25) is 0 Å². The zero-order valence-corrected chi connectivity index (χ0v) is 21.3. The van der Waals surface area contributed by atoms with Crippen LogP contribution in [0.1, 0.15) is 37.1 Å². The Labute approximate surface area is 220 Å². The Balaban J connectivity index is 1.47. The van der Waals surface area contributed by atoms with Gasteiger partial charge in [-0.3, -0.25) is 9.59 Å². The van der Waals surface area contributed by atoms with E-state index in [1.807, 2.05) is 43.3 Å². The van der Waals surface area contributed by atoms with Crippen LogP contribution in [-0.2, 0) is 27.4 Å². The lowest BCUT2D eigenvalue weighted by molar-refractivity contribution is -0.142. The van der Waals surface area contributed by atoms with Gasteiger partial charge in [0.1, 0.15) is 29.6 Å². The van der Waals surface area contributed by atoms with Crippen molar-refractivity contribution in [1.82, 2.24) is 25.2 Å². The maximum absolute atomic E-state index is 13.9. The van der Waals surface area contributed by atoms with Gasteiger partial charge < -0.3 is 24.1 Å². The van der Waals surface area contributed by atoms with Crippen LogP contribution in [-0.4, -0.2) is 57.6 Å². The zero-order chi connectivity index (χ0) is 26.3. The summed E-state index contributed by atoms with van der Waals surface area (Å²) in [6.45, 7) is 3.52. The minimum atomic E-state index is -0.917. The minimum absolute atomic E-state index is 0.0318. The van der Waals surface area contributed by atoms with E-state index in [1.54, 1.807) is 35.2 Å². The lowest BCUT2D eigenvalue weighted by Gasteiger charge is -2.31. The second-order valence-electron chi connectivity index (χ2n) is 9.12. The van der Waals surface area contributed by atoms with Gasteiger partial charge in [-0.15, -0.1) is 5.10 Å². The second-order valence-corrected chi connectivity index (χ2v) is 9.12. The Morgan fingerprint density at radius 2 is 2.00 bits per heavy atom. The molecule has 5 rings (SSSR count). The molecule has 4 aromatic rings. The molecule has 10 nitrogen and oxygen atoms in total. The number of nitrogens with one attached hydrogen (secondary N) is 1. The number of amides is 2. The molecule has 1 aliphatic heterocycles. The number of carbonyl (C=O) groups excluding carboxylic acids is 2. The largest absolute Gasteiger partial charge is 0.494 e. The standard InChI is InChI=1S/C28H31N5O5/c1-2-36-21-13-11-20(12-14-21)27(28(35)29-17-22-7-5-15-37-22)32(18-23-8-6-16-38-23)26(34)19-33-25-10-4-3-9-24(25)30-31-33/h3-4,6,8-14,16,22,27H,2,5,7,15,17-19H2,1H3,(H,29,35). The van der Waals surface area contributed by atoms with Gasteiger partial charge in [0.15, 0.2) is 0 Å². The van der Waals surface area contributed by atoms with E-state index in [4.69, 9.17) is 13.9 Å². The average Bonchev–Trinajstić information content (AvgIpc) is 3.71. The fourth-order valence-corrected chi connectivity index (χ4v) is 4.65. The molecule has 0 aliphatic carbocycles. The van der Waals surface area contributed by atoms with E-state index in [0.717, 1.165) is 18.4 Å². The first kappa shape index (κ1) is 25.5. The van der Waals surface area contributed by atoms with Crippen LogP contribution in [0.3, 0.4) is 0 Å². The molecule has 1 aliphatic rings. The topological polar surface area (TPSA) is 112 Å². The van der Waals surface area contributed by atoms with Crippen LogP contribution in [0.5, 0.6) is 5.75 Å². The SMILES string of the molecule is CCOc1ccc(C(C(=O)NCC2CCCO2)N(Cc2ccco2)C(=O)Cn2nnc3ccccc32)cc1. The molecular formula is C28H31N5O5. The number of furan rings is 1. The second kappa shape index (κ2) is 11.9. The van der Waals surface area contributed by atoms with E-state index in [2.05, 4.69) is 15.6 Å². The molecule has 10 heteroatoms. The monoisotopic (exact) mass is 517 g/mol. The number of fused-ring (bicyclic) bond motifs is 1. The first-order valence-electron chi connectivity index (χ1n) is 12.8. The van der Waals surface area contributed by atoms with Crippen molar-refractivity contribution >= 4 is 22.8 Å². The highest BCUT2D eigenvalue weighted by atomic mass is 16.5. The molecule has 198 valence electrons. The molecule has 2 amide bonds. The first-order valence-corrected chi connectivity index (χ1v) is 12.8. The van der Waals surface area contributed by atoms with Gasteiger partial charge in [0.2, 0.25) is 11.8 Å². The predicted molar refractivity (Wildman–Crippen MR) is 139 cm³/mol. The highest BCUT2D eigenvalue weighted by Crippen LogP contribution is 2.27. The number of benzene rings is 2. The number of carbonyl (C=O) groups is 2. The average molecular weight is 518 g/mol. The van der Waals surface area contributed by atoms with Crippen molar-refractivity contribution in [2.45, 2.75) is 45.0 Å². The van der Waals surface area contributed by atoms with E-state index >= 15 is 0 Å². The van der Waals surface area contributed by atoms with E-state index in [1.165, 1.54) is 4.90 Å². The summed E-state index contributed by atoms with van der Waals surface area (Å²) in [6.07, 6.45) is 3.38. The van der Waals surface area contributed by atoms with Gasteiger partial charge in [-0.25, -0.2) is 4.68 Å². The van der Waals surface area contributed by atoms with Crippen LogP contribution in [0, 0.1) is 0 Å². The van der Waals surface area contributed by atoms with Crippen LogP contribution < -0.4 is 10.1 Å². The first-order chi connectivity index (χ1) is 18.6. The zero-order valence-electron chi connectivity index (χ0n) is 21.3. The molecule has 2 atom stereocenters. The van der Waals surface area contributed by atoms with Gasteiger partial charge >= 0.3 is 0 Å². The number of rotatable bonds is 11. The van der Waals surface area contributed by atoms with E-state index in [-0.39, 0.29) is 31.0 Å². The fraction of sp³-hybridized carbons (Fsp3) is 0.357. The Bertz CT molecular complexity index is 1350. The van der Waals surface area contributed by atoms with E-state index in [9.17, 15) is 9.59 Å². The maximum atomic E-state index is 13.9. The van der Waals surface area contributed by atoms with Crippen molar-refractivity contribution in [1.29, 1.82) is 0 Å². The van der Waals surface area contributed by atoms with Crippen LogP contribution in [0.15, 0.2) is 71.3 Å². The predicted octanol–water partition coefficient (Wildman–Crippen LogP) is 3.49. The van der Waals surface area contributed by atoms with Gasteiger partial charge in [0.25, 0.3) is 0 Å². The minimum Gasteiger partial charge on any atom is -0.494 e. The van der Waals surface area contributed by atoms with Crippen molar-refractivity contribution < 1.29 is 23.5 Å². The lowest BCUT2D eigenvalue weighted by atomic mass is 10.0. The Hall–Kier alpha value is -4.18. The Morgan fingerprint density at radius 3 is 2.74 bits per heavy atom. The van der Waals surface area contributed by atoms with Crippen molar-refractivity contribution in [3.05, 3.63) is 78.3 Å². The molecule has 38 heavy (non-hydrogen) atoms. The molecule has 0 bridgehead atoms. The Kier molecular flexibility index (Phi) is 7.98. The third-order valence-electron chi connectivity index (χ3n) is 6.53. The quantitative estimate of drug-likeness (QED) is 0.324. The lowest BCUT2D eigenvalue weighted by Crippen LogP contribution is -2.46. The van der Waals surface area contributed by atoms with Gasteiger partial charge in [-0.1, -0.05) is 29.5 Å². The summed E-state index contributed by atoms with van der Waals surface area (Å²) in [5, 5.41) is 11.3. The van der Waals surface area contributed by atoms with Crippen molar-refractivity contribution in [3.63, 3.8) is 0 Å². The number of ether oxygens (including phenoxy) is 2. The molecule has 0 radical (unpaired) electrons. The summed E-state index contributed by atoms with van der Waals surface area (Å²) in [5.41, 5.74) is 2.08. The highest BCUT2D eigenvalue weighted by Gasteiger charge is 2.33. The molecular weight excluding hydrogens is 486 g/mol. The fourth-order valence-electron chi connectivity index (χ4n) is 4.65. The Morgan fingerprint density at radius 1 is 1.16 bits per heavy atom. The van der Waals surface area contributed by atoms with Crippen molar-refractivity contribution in [2.24, 2.45) is 0 Å². The third-order valence-corrected chi connectivity index (χ3v) is 6.53. The maximum Gasteiger partial charge on any atom is 0.247 e. The van der Waals surface area contributed by atoms with Crippen LogP contribution >= 0.6 is 0 Å². The van der Waals surface area contributed by atoms with Gasteiger partial charge in [-0.05, 0) is 61.7 Å². The smallest absolute Gasteiger partial charge is 0.247 e. The number of hydrogen-bond donors (Lipinski definition) is 1. The number of hydrogen-bond acceptors (Lipinski definition) is 7. The molecule has 2 unspecified atom stereocenters. The normalized spacial score (nSPS) is 15.9. The van der Waals surface area contributed by atoms with Crippen molar-refractivity contribution in [3.8, 4) is 5.75 Å². The van der Waals surface area contributed by atoms with E-state index < -0.39 is 6.04 Å². The molecule has 2 aromatic carbocycles. The van der Waals surface area contributed by atoms with Crippen molar-refractivity contribution in [2.75, 3.05) is 19.8 Å². The van der Waals surface area contributed by atoms with Gasteiger partial charge in [0.05, 0.1) is 31.0 Å². The number of para-hydroxylation sites is 1. The molecule has 1 saturated heterocycles. The molecule has 2 aromatic heterocycles. The summed E-state index contributed by atoms with van der Waals surface area (Å²) in [7, 11) is 0. The van der Waals surface area contributed by atoms with Crippen LogP contribution in [0.4, 0.5) is 0 Å². The summed E-state index contributed by atoms with van der Waals surface area (Å²) in [5.74, 6) is 0.647. The molecule has 3 heterocycles. The summed E-state index contributed by atoms with van der Waals surface area (Å²) < 4.78 is 18.4. The summed E-state index contributed by atoms with van der Waals surface area (Å²) in [6, 6.07) is 17.3. The summed E-state index contributed by atoms with van der Waals surface area (Å²) in [4.78, 5) is 29.2. The van der Waals surface area contributed by atoms with Gasteiger partial charge in [-0.2, -0.15) is 0 Å². The van der Waals surface area contributed by atoms with E-state index in [0.29, 0.717) is 42.3 Å². The third kappa shape index (κ3) is 5.86. The number of aromatic nitrogens is 3. The van der Waals surface area contributed by atoms with Crippen LogP contribution in [0.25, 0.3) is 11.0 Å². The molecule has 0 spiro atoms. The molecule has 1 fully saturated rings. The highest BCUT2D eigenvalue weighted by molar-refractivity contribution is 5.89. The van der Waals surface area contributed by atoms with Gasteiger partial charge in [0, 0.05) is 13.2 Å². The molecule has 1 N–H and O–H groups in total. The molecule has 0 saturated carbocycles.